The fourth-order valence-electron chi connectivity index (χ4n) is 2.18. The summed E-state index contributed by atoms with van der Waals surface area (Å²) in [5, 5.41) is 0. The molecule has 0 unspecified atom stereocenters. The Labute approximate surface area is 119 Å². The van der Waals surface area contributed by atoms with Gasteiger partial charge >= 0.3 is 0 Å². The van der Waals surface area contributed by atoms with E-state index in [0.717, 1.165) is 11.1 Å². The van der Waals surface area contributed by atoms with E-state index in [1.807, 2.05) is 30.3 Å². The number of rotatable bonds is 5. The number of para-hydroxylation sites is 2. The number of halogens is 1. The number of benzene rings is 2. The van der Waals surface area contributed by atoms with Crippen LogP contribution in [-0.4, -0.2) is 6.54 Å². The van der Waals surface area contributed by atoms with Gasteiger partial charge in [-0.3, -0.25) is 0 Å². The van der Waals surface area contributed by atoms with Gasteiger partial charge in [0.1, 0.15) is 5.75 Å². The van der Waals surface area contributed by atoms with Crippen LogP contribution in [-0.2, 0) is 6.42 Å². The van der Waals surface area contributed by atoms with E-state index in [1.54, 1.807) is 6.07 Å². The highest BCUT2D eigenvalue weighted by Gasteiger charge is 2.13. The Hall–Kier alpha value is -1.87. The minimum atomic E-state index is -0.352. The lowest BCUT2D eigenvalue weighted by molar-refractivity contribution is 0.430. The summed E-state index contributed by atoms with van der Waals surface area (Å²) >= 11 is 0. The summed E-state index contributed by atoms with van der Waals surface area (Å²) in [5.41, 5.74) is 7.43. The van der Waals surface area contributed by atoms with Gasteiger partial charge in [-0.15, -0.1) is 0 Å². The molecule has 106 valence electrons. The topological polar surface area (TPSA) is 35.2 Å². The van der Waals surface area contributed by atoms with E-state index in [0.29, 0.717) is 24.6 Å². The van der Waals surface area contributed by atoms with Gasteiger partial charge in [0.15, 0.2) is 11.6 Å². The van der Waals surface area contributed by atoms with Crippen LogP contribution in [0.5, 0.6) is 11.5 Å². The maximum absolute atomic E-state index is 14.0. The number of ether oxygens (including phenoxy) is 1. The Balaban J connectivity index is 2.40. The van der Waals surface area contributed by atoms with E-state index < -0.39 is 0 Å². The quantitative estimate of drug-likeness (QED) is 0.884. The first-order valence-corrected chi connectivity index (χ1v) is 6.87. The van der Waals surface area contributed by atoms with Crippen molar-refractivity contribution in [3.63, 3.8) is 0 Å². The van der Waals surface area contributed by atoms with Gasteiger partial charge in [-0.2, -0.15) is 0 Å². The average Bonchev–Trinajstić information content (AvgIpc) is 2.43. The van der Waals surface area contributed by atoms with Crippen molar-refractivity contribution in [1.29, 1.82) is 0 Å². The minimum absolute atomic E-state index is 0.283. The highest BCUT2D eigenvalue weighted by molar-refractivity contribution is 5.43. The minimum Gasteiger partial charge on any atom is -0.454 e. The Morgan fingerprint density at radius 1 is 1.10 bits per heavy atom. The van der Waals surface area contributed by atoms with Crippen LogP contribution in [0.15, 0.2) is 42.5 Å². The average molecular weight is 273 g/mol. The van der Waals surface area contributed by atoms with Crippen molar-refractivity contribution in [2.75, 3.05) is 6.54 Å². The predicted molar refractivity (Wildman–Crippen MR) is 79.8 cm³/mol. The Bertz CT molecular complexity index is 581. The van der Waals surface area contributed by atoms with E-state index in [1.165, 1.54) is 6.07 Å². The van der Waals surface area contributed by atoms with Crippen LogP contribution in [0.25, 0.3) is 0 Å². The van der Waals surface area contributed by atoms with Crippen molar-refractivity contribution >= 4 is 0 Å². The lowest BCUT2D eigenvalue weighted by atomic mass is 10.0. The summed E-state index contributed by atoms with van der Waals surface area (Å²) < 4.78 is 19.9. The van der Waals surface area contributed by atoms with Crippen molar-refractivity contribution < 1.29 is 9.13 Å². The maximum atomic E-state index is 14.0. The molecule has 0 amide bonds. The highest BCUT2D eigenvalue weighted by Crippen LogP contribution is 2.33. The molecule has 0 heterocycles. The molecule has 2 aromatic carbocycles. The summed E-state index contributed by atoms with van der Waals surface area (Å²) in [5.74, 6) is 0.947. The van der Waals surface area contributed by atoms with E-state index in [-0.39, 0.29) is 11.6 Å². The van der Waals surface area contributed by atoms with E-state index in [4.69, 9.17) is 10.5 Å². The third-order valence-electron chi connectivity index (χ3n) is 3.22. The first-order valence-electron chi connectivity index (χ1n) is 6.87. The fourth-order valence-corrected chi connectivity index (χ4v) is 2.18. The molecule has 0 aliphatic heterocycles. The molecule has 20 heavy (non-hydrogen) atoms. The molecule has 0 saturated carbocycles. The largest absolute Gasteiger partial charge is 0.454 e. The van der Waals surface area contributed by atoms with Crippen LogP contribution >= 0.6 is 0 Å². The van der Waals surface area contributed by atoms with Crippen LogP contribution in [0.3, 0.4) is 0 Å². The fraction of sp³-hybridized carbons (Fsp3) is 0.294. The Morgan fingerprint density at radius 3 is 2.55 bits per heavy atom. The molecule has 0 bridgehead atoms. The summed E-state index contributed by atoms with van der Waals surface area (Å²) in [6, 6.07) is 12.7. The SMILES string of the molecule is CC(C)c1ccccc1Oc1c(F)cccc1CCN. The predicted octanol–water partition coefficient (Wildman–Crippen LogP) is 4.24. The molecular weight excluding hydrogens is 253 g/mol. The second-order valence-electron chi connectivity index (χ2n) is 5.06. The van der Waals surface area contributed by atoms with Gasteiger partial charge in [0.05, 0.1) is 0 Å². The zero-order valence-corrected chi connectivity index (χ0v) is 11.9. The molecule has 0 fully saturated rings. The Morgan fingerprint density at radius 2 is 1.85 bits per heavy atom. The van der Waals surface area contributed by atoms with Crippen LogP contribution < -0.4 is 10.5 Å². The van der Waals surface area contributed by atoms with Crippen molar-refractivity contribution in [3.8, 4) is 11.5 Å². The monoisotopic (exact) mass is 273 g/mol. The second-order valence-corrected chi connectivity index (χ2v) is 5.06. The van der Waals surface area contributed by atoms with Crippen molar-refractivity contribution in [2.45, 2.75) is 26.2 Å². The second kappa shape index (κ2) is 6.53. The number of hydrogen-bond acceptors (Lipinski definition) is 2. The summed E-state index contributed by atoms with van der Waals surface area (Å²) in [4.78, 5) is 0. The molecule has 3 heteroatoms. The molecule has 0 spiro atoms. The van der Waals surface area contributed by atoms with Crippen LogP contribution in [0.1, 0.15) is 30.9 Å². The number of nitrogens with two attached hydrogens (primary N) is 1. The van der Waals surface area contributed by atoms with Gasteiger partial charge in [-0.25, -0.2) is 4.39 Å². The van der Waals surface area contributed by atoms with E-state index >= 15 is 0 Å². The van der Waals surface area contributed by atoms with E-state index in [2.05, 4.69) is 13.8 Å². The van der Waals surface area contributed by atoms with Crippen molar-refractivity contribution in [1.82, 2.24) is 0 Å². The molecular formula is C17H20FNO. The zero-order chi connectivity index (χ0) is 14.5. The summed E-state index contributed by atoms with van der Waals surface area (Å²) in [6.45, 7) is 4.64. The molecule has 2 N–H and O–H groups in total. The molecule has 2 rings (SSSR count). The van der Waals surface area contributed by atoms with Crippen molar-refractivity contribution in [2.24, 2.45) is 5.73 Å². The zero-order valence-electron chi connectivity index (χ0n) is 11.9. The van der Waals surface area contributed by atoms with Crippen LogP contribution in [0.4, 0.5) is 4.39 Å². The van der Waals surface area contributed by atoms with Crippen LogP contribution in [0, 0.1) is 5.82 Å². The lowest BCUT2D eigenvalue weighted by Crippen LogP contribution is -2.05. The third kappa shape index (κ3) is 3.17. The first kappa shape index (κ1) is 14.5. The molecule has 0 aliphatic carbocycles. The molecule has 0 aliphatic rings. The van der Waals surface area contributed by atoms with Gasteiger partial charge in [0.25, 0.3) is 0 Å². The molecule has 2 nitrogen and oxygen atoms in total. The van der Waals surface area contributed by atoms with Crippen LogP contribution in [0.2, 0.25) is 0 Å². The van der Waals surface area contributed by atoms with Gasteiger partial charge in [0.2, 0.25) is 0 Å². The molecule has 2 aromatic rings. The van der Waals surface area contributed by atoms with Crippen molar-refractivity contribution in [3.05, 3.63) is 59.4 Å². The molecule has 0 saturated heterocycles. The van der Waals surface area contributed by atoms with Gasteiger partial charge in [0, 0.05) is 0 Å². The maximum Gasteiger partial charge on any atom is 0.166 e. The lowest BCUT2D eigenvalue weighted by Gasteiger charge is -2.16. The summed E-state index contributed by atoms with van der Waals surface area (Å²) in [7, 11) is 0. The third-order valence-corrected chi connectivity index (χ3v) is 3.22. The standard InChI is InChI=1S/C17H20FNO/c1-12(2)14-7-3-4-9-16(14)20-17-13(10-11-19)6-5-8-15(17)18/h3-9,12H,10-11,19H2,1-2H3. The first-order chi connectivity index (χ1) is 9.63. The molecule has 0 atom stereocenters. The number of hydrogen-bond donors (Lipinski definition) is 1. The normalized spacial score (nSPS) is 10.8. The van der Waals surface area contributed by atoms with Gasteiger partial charge in [-0.1, -0.05) is 44.2 Å². The van der Waals surface area contributed by atoms with Gasteiger partial charge < -0.3 is 10.5 Å². The summed E-state index contributed by atoms with van der Waals surface area (Å²) in [6.07, 6.45) is 0.594. The highest BCUT2D eigenvalue weighted by atomic mass is 19.1. The van der Waals surface area contributed by atoms with Gasteiger partial charge in [-0.05, 0) is 42.1 Å². The molecule has 0 radical (unpaired) electrons. The molecule has 0 aromatic heterocycles. The van der Waals surface area contributed by atoms with E-state index in [9.17, 15) is 4.39 Å². The smallest absolute Gasteiger partial charge is 0.166 e. The Kier molecular flexibility index (Phi) is 4.74.